The number of rotatable bonds is 1. The molecule has 0 aliphatic rings. The fourth-order valence-corrected chi connectivity index (χ4v) is 0.905. The Kier molecular flexibility index (Phi) is 1.66. The molecule has 0 aromatic carbocycles. The van der Waals surface area contributed by atoms with Crippen LogP contribution < -0.4 is 0 Å². The molecule has 1 aromatic rings. The van der Waals surface area contributed by atoms with Gasteiger partial charge in [0.25, 0.3) is 0 Å². The molecule has 0 atom stereocenters. The molecule has 0 radical (unpaired) electrons. The van der Waals surface area contributed by atoms with Crippen LogP contribution in [0.2, 0.25) is 0 Å². The highest BCUT2D eigenvalue weighted by molar-refractivity contribution is 5.10. The lowest BCUT2D eigenvalue weighted by Gasteiger charge is -2.00. The molecule has 0 aliphatic carbocycles. The van der Waals surface area contributed by atoms with Crippen LogP contribution in [0.4, 0.5) is 0 Å². The van der Waals surface area contributed by atoms with Gasteiger partial charge in [0.1, 0.15) is 0 Å². The van der Waals surface area contributed by atoms with Crippen LogP contribution in [-0.2, 0) is 0 Å². The summed E-state index contributed by atoms with van der Waals surface area (Å²) in [6, 6.07) is 1.88. The monoisotopic (exact) mass is 140 g/mol. The second-order valence-electron chi connectivity index (χ2n) is 2.75. The Labute approximate surface area is 60.2 Å². The van der Waals surface area contributed by atoms with E-state index in [0.29, 0.717) is 5.92 Å². The van der Waals surface area contributed by atoms with Crippen molar-refractivity contribution in [2.24, 2.45) is 0 Å². The van der Waals surface area contributed by atoms with Crippen molar-refractivity contribution >= 4 is 0 Å². The van der Waals surface area contributed by atoms with E-state index >= 15 is 0 Å². The summed E-state index contributed by atoms with van der Waals surface area (Å²) in [7, 11) is 0. The zero-order valence-electron chi connectivity index (χ0n) is 6.50. The quantitative estimate of drug-likeness (QED) is 0.601. The molecule has 0 aliphatic heterocycles. The van der Waals surface area contributed by atoms with E-state index < -0.39 is 0 Å². The molecule has 0 bridgehead atoms. The molecule has 0 fully saturated rings. The van der Waals surface area contributed by atoms with Crippen LogP contribution in [0.15, 0.2) is 6.07 Å². The van der Waals surface area contributed by atoms with Crippen molar-refractivity contribution < 1.29 is 5.21 Å². The summed E-state index contributed by atoms with van der Waals surface area (Å²) in [4.78, 5) is 0.944. The van der Waals surface area contributed by atoms with Crippen LogP contribution >= 0.6 is 0 Å². The van der Waals surface area contributed by atoms with Gasteiger partial charge < -0.3 is 5.21 Å². The van der Waals surface area contributed by atoms with E-state index in [4.69, 9.17) is 5.21 Å². The lowest BCUT2D eigenvalue weighted by atomic mass is 10.1. The van der Waals surface area contributed by atoms with Crippen molar-refractivity contribution in [2.45, 2.75) is 26.7 Å². The highest BCUT2D eigenvalue weighted by atomic mass is 16.5. The Hall–Kier alpha value is -0.990. The minimum Gasteiger partial charge on any atom is -0.411 e. The minimum atomic E-state index is 0.325. The zero-order valence-corrected chi connectivity index (χ0v) is 6.50. The standard InChI is InChI=1S/C7H12N2O/c1-5(2)7-4-6(3)8-9(7)10/h4-5,10H,1-3H3. The van der Waals surface area contributed by atoms with Crippen molar-refractivity contribution in [1.82, 2.24) is 9.94 Å². The molecule has 3 heteroatoms. The van der Waals surface area contributed by atoms with Crippen LogP contribution in [0, 0.1) is 6.92 Å². The third-order valence-electron chi connectivity index (χ3n) is 1.43. The Morgan fingerprint density at radius 3 is 2.40 bits per heavy atom. The van der Waals surface area contributed by atoms with Crippen LogP contribution in [0.3, 0.4) is 0 Å². The molecule has 1 heterocycles. The summed E-state index contributed by atoms with van der Waals surface area (Å²) >= 11 is 0. The van der Waals surface area contributed by atoms with Crippen molar-refractivity contribution in [3.8, 4) is 0 Å². The van der Waals surface area contributed by atoms with E-state index in [1.807, 2.05) is 26.8 Å². The maximum Gasteiger partial charge on any atom is 0.0826 e. The van der Waals surface area contributed by atoms with Gasteiger partial charge in [-0.3, -0.25) is 0 Å². The van der Waals surface area contributed by atoms with Crippen LogP contribution in [0.1, 0.15) is 31.2 Å². The van der Waals surface area contributed by atoms with Gasteiger partial charge in [-0.1, -0.05) is 13.8 Å². The van der Waals surface area contributed by atoms with E-state index in [1.54, 1.807) is 0 Å². The zero-order chi connectivity index (χ0) is 7.72. The average molecular weight is 140 g/mol. The predicted octanol–water partition coefficient (Wildman–Crippen LogP) is 1.55. The molecule has 0 saturated carbocycles. The molecule has 0 amide bonds. The maximum absolute atomic E-state index is 9.11. The lowest BCUT2D eigenvalue weighted by molar-refractivity contribution is 0.137. The molecule has 0 spiro atoms. The lowest BCUT2D eigenvalue weighted by Crippen LogP contribution is -2.00. The smallest absolute Gasteiger partial charge is 0.0826 e. The van der Waals surface area contributed by atoms with E-state index in [-0.39, 0.29) is 0 Å². The highest BCUT2D eigenvalue weighted by Crippen LogP contribution is 2.13. The molecule has 10 heavy (non-hydrogen) atoms. The van der Waals surface area contributed by atoms with E-state index in [0.717, 1.165) is 16.2 Å². The third kappa shape index (κ3) is 1.12. The summed E-state index contributed by atoms with van der Waals surface area (Å²) < 4.78 is 0. The molecule has 0 saturated heterocycles. The van der Waals surface area contributed by atoms with Crippen molar-refractivity contribution in [3.05, 3.63) is 17.5 Å². The fraction of sp³-hybridized carbons (Fsp3) is 0.571. The Bertz CT molecular complexity index is 228. The van der Waals surface area contributed by atoms with Gasteiger partial charge in [0, 0.05) is 0 Å². The van der Waals surface area contributed by atoms with Crippen LogP contribution in [0.25, 0.3) is 0 Å². The predicted molar refractivity (Wildman–Crippen MR) is 38.2 cm³/mol. The molecule has 1 aromatic heterocycles. The Morgan fingerprint density at radius 2 is 2.20 bits per heavy atom. The van der Waals surface area contributed by atoms with Crippen molar-refractivity contribution in [3.63, 3.8) is 0 Å². The topological polar surface area (TPSA) is 38.0 Å². The van der Waals surface area contributed by atoms with Gasteiger partial charge in [-0.2, -0.15) is 0 Å². The fourth-order valence-electron chi connectivity index (χ4n) is 0.905. The molecular weight excluding hydrogens is 128 g/mol. The molecule has 1 rings (SSSR count). The number of nitrogens with zero attached hydrogens (tertiary/aromatic N) is 2. The third-order valence-corrected chi connectivity index (χ3v) is 1.43. The highest BCUT2D eigenvalue weighted by Gasteiger charge is 2.06. The van der Waals surface area contributed by atoms with Gasteiger partial charge >= 0.3 is 0 Å². The van der Waals surface area contributed by atoms with Gasteiger partial charge in [-0.25, -0.2) is 0 Å². The summed E-state index contributed by atoms with van der Waals surface area (Å²) in [6.07, 6.45) is 0. The van der Waals surface area contributed by atoms with Crippen molar-refractivity contribution in [1.29, 1.82) is 0 Å². The summed E-state index contributed by atoms with van der Waals surface area (Å²) in [5, 5.41) is 12.9. The van der Waals surface area contributed by atoms with E-state index in [2.05, 4.69) is 5.10 Å². The first-order chi connectivity index (χ1) is 4.61. The maximum atomic E-state index is 9.11. The van der Waals surface area contributed by atoms with Gasteiger partial charge in [-0.15, -0.1) is 9.94 Å². The first-order valence-corrected chi connectivity index (χ1v) is 3.37. The molecule has 56 valence electrons. The summed E-state index contributed by atoms with van der Waals surface area (Å²) in [5.41, 5.74) is 1.71. The summed E-state index contributed by atoms with van der Waals surface area (Å²) in [5.74, 6) is 0.325. The molecular formula is C7H12N2O. The van der Waals surface area contributed by atoms with E-state index in [9.17, 15) is 0 Å². The second kappa shape index (κ2) is 2.33. The van der Waals surface area contributed by atoms with Gasteiger partial charge in [0.15, 0.2) is 0 Å². The van der Waals surface area contributed by atoms with Gasteiger partial charge in [0.05, 0.1) is 11.4 Å². The van der Waals surface area contributed by atoms with Gasteiger partial charge in [-0.05, 0) is 18.9 Å². The first kappa shape index (κ1) is 7.12. The number of hydrogen-bond acceptors (Lipinski definition) is 2. The largest absolute Gasteiger partial charge is 0.411 e. The number of aromatic nitrogens is 2. The number of hydrogen-bond donors (Lipinski definition) is 1. The van der Waals surface area contributed by atoms with Crippen molar-refractivity contribution in [2.75, 3.05) is 0 Å². The Balaban J connectivity index is 3.03. The normalized spacial score (nSPS) is 10.8. The number of aryl methyl sites for hydroxylation is 1. The molecule has 1 N–H and O–H groups in total. The minimum absolute atomic E-state index is 0.325. The van der Waals surface area contributed by atoms with Gasteiger partial charge in [0.2, 0.25) is 0 Å². The molecule has 0 unspecified atom stereocenters. The van der Waals surface area contributed by atoms with Crippen LogP contribution in [-0.4, -0.2) is 15.2 Å². The Morgan fingerprint density at radius 1 is 1.60 bits per heavy atom. The molecule has 3 nitrogen and oxygen atoms in total. The second-order valence-corrected chi connectivity index (χ2v) is 2.75. The first-order valence-electron chi connectivity index (χ1n) is 3.37. The van der Waals surface area contributed by atoms with Crippen LogP contribution in [0.5, 0.6) is 0 Å². The SMILES string of the molecule is Cc1cc(C(C)C)n(O)n1. The average Bonchev–Trinajstić information content (AvgIpc) is 2.10. The van der Waals surface area contributed by atoms with E-state index in [1.165, 1.54) is 0 Å². The summed E-state index contributed by atoms with van der Waals surface area (Å²) in [6.45, 7) is 5.89.